The molecule has 0 radical (unpaired) electrons. The highest BCUT2D eigenvalue weighted by Crippen LogP contribution is 2.45. The van der Waals surface area contributed by atoms with E-state index in [9.17, 15) is 9.90 Å². The molecule has 0 heterocycles. The Kier molecular flexibility index (Phi) is 9.63. The molecule has 1 aliphatic rings. The Bertz CT molecular complexity index is 1720. The van der Waals surface area contributed by atoms with Crippen LogP contribution in [-0.2, 0) is 22.2 Å². The third-order valence-electron chi connectivity index (χ3n) is 8.68. The van der Waals surface area contributed by atoms with Gasteiger partial charge in [-0.25, -0.2) is 0 Å². The van der Waals surface area contributed by atoms with Crippen LogP contribution in [0.25, 0.3) is 5.57 Å². The maximum atomic E-state index is 13.9. The molecule has 0 saturated carbocycles. The Morgan fingerprint density at radius 2 is 1.15 bits per heavy atom. The van der Waals surface area contributed by atoms with Crippen LogP contribution in [0.1, 0.15) is 116 Å². The summed E-state index contributed by atoms with van der Waals surface area (Å²) in [4.78, 5) is 13.9. The number of allylic oxidation sites excluding steroid dienone is 5. The van der Waals surface area contributed by atoms with Crippen molar-refractivity contribution in [2.24, 2.45) is 10.8 Å². The fraction of sp³-hybridized carbons (Fsp3) is 0.386. The lowest BCUT2D eigenvalue weighted by atomic mass is 9.70. The maximum Gasteiger partial charge on any atom is 0.186 e. The van der Waals surface area contributed by atoms with E-state index >= 15 is 0 Å². The number of Topliss-reactive ketones (excluding diaryl/α,β-unsaturated/α-hetero) is 1. The minimum absolute atomic E-state index is 0.104. The van der Waals surface area contributed by atoms with Crippen molar-refractivity contribution in [1.29, 1.82) is 0 Å². The Morgan fingerprint density at radius 3 is 1.55 bits per heavy atom. The molecule has 47 heavy (non-hydrogen) atoms. The summed E-state index contributed by atoms with van der Waals surface area (Å²) in [6, 6.07) is 20.3. The predicted molar refractivity (Wildman–Crippen MR) is 197 cm³/mol. The van der Waals surface area contributed by atoms with Crippen LogP contribution in [0.4, 0.5) is 0 Å². The third kappa shape index (κ3) is 7.99. The second-order valence-corrected chi connectivity index (χ2v) is 16.8. The maximum absolute atomic E-state index is 13.9. The summed E-state index contributed by atoms with van der Waals surface area (Å²) in [5.41, 5.74) is 7.99. The molecule has 0 spiro atoms. The molecular formula is C44H52O3. The van der Waals surface area contributed by atoms with Crippen LogP contribution in [-0.4, -0.2) is 10.9 Å². The highest BCUT2D eigenvalue weighted by Gasteiger charge is 2.35. The zero-order valence-corrected chi connectivity index (χ0v) is 30.5. The summed E-state index contributed by atoms with van der Waals surface area (Å²) >= 11 is 0. The number of terminal acetylenes is 1. The van der Waals surface area contributed by atoms with E-state index < -0.39 is 0 Å². The Labute approximate surface area is 283 Å². The van der Waals surface area contributed by atoms with Crippen molar-refractivity contribution < 1.29 is 14.6 Å². The van der Waals surface area contributed by atoms with Crippen molar-refractivity contribution >= 4 is 11.4 Å². The molecule has 4 rings (SSSR count). The minimum Gasteiger partial charge on any atom is -0.507 e. The predicted octanol–water partition coefficient (Wildman–Crippen LogP) is 10.9. The Balaban J connectivity index is 1.99. The lowest BCUT2D eigenvalue weighted by molar-refractivity contribution is -0.114. The molecule has 1 aliphatic carbocycles. The number of carbonyl (C=O) groups excluding carboxylic acids is 1. The van der Waals surface area contributed by atoms with Crippen molar-refractivity contribution in [1.82, 2.24) is 0 Å². The van der Waals surface area contributed by atoms with E-state index in [0.29, 0.717) is 12.4 Å². The van der Waals surface area contributed by atoms with E-state index in [-0.39, 0.29) is 27.4 Å². The molecule has 0 saturated heterocycles. The molecule has 3 nitrogen and oxygen atoms in total. The van der Waals surface area contributed by atoms with Gasteiger partial charge in [-0.05, 0) is 98.0 Å². The first-order valence-electron chi connectivity index (χ1n) is 16.5. The molecule has 3 aromatic carbocycles. The molecule has 0 unspecified atom stereocenters. The number of ether oxygens (including phenoxy) is 1. The summed E-state index contributed by atoms with van der Waals surface area (Å²) < 4.78 is 6.06. The van der Waals surface area contributed by atoms with Crippen LogP contribution in [0.3, 0.4) is 0 Å². The largest absolute Gasteiger partial charge is 0.507 e. The van der Waals surface area contributed by atoms with Crippen LogP contribution >= 0.6 is 0 Å². The van der Waals surface area contributed by atoms with E-state index in [2.05, 4.69) is 138 Å². The van der Waals surface area contributed by atoms with Gasteiger partial charge in [0.2, 0.25) is 0 Å². The van der Waals surface area contributed by atoms with Crippen LogP contribution in [0.2, 0.25) is 0 Å². The number of aromatic hydroxyl groups is 1. The van der Waals surface area contributed by atoms with E-state index in [1.807, 2.05) is 24.3 Å². The number of carbonyl (C=O) groups is 1. The summed E-state index contributed by atoms with van der Waals surface area (Å²) in [6.07, 6.45) is 9.67. The zero-order chi connectivity index (χ0) is 35.1. The van der Waals surface area contributed by atoms with Gasteiger partial charge in [0, 0.05) is 27.8 Å². The summed E-state index contributed by atoms with van der Waals surface area (Å²) in [6.45, 7) is 25.8. The molecule has 246 valence electrons. The highest BCUT2D eigenvalue weighted by atomic mass is 16.5. The number of benzene rings is 3. The standard InChI is InChI=1S/C44H52O3/c1-14-28-17-21-33(22-18-28)47-27-29-15-19-30(20-16-29)38(31-23-34(41(2,3)4)39(45)35(24-31)42(5,6)7)32-25-36(43(8,9)10)40(46)37(26-32)44(11,12)13/h1,15-26,45H,27H2,2-13H3. The molecule has 0 fully saturated rings. The van der Waals surface area contributed by atoms with Crippen LogP contribution < -0.4 is 4.74 Å². The Hall–Kier alpha value is -4.29. The third-order valence-corrected chi connectivity index (χ3v) is 8.68. The number of rotatable bonds is 5. The molecular weight excluding hydrogens is 576 g/mol. The molecule has 3 heteroatoms. The Morgan fingerprint density at radius 1 is 0.681 bits per heavy atom. The smallest absolute Gasteiger partial charge is 0.186 e. The van der Waals surface area contributed by atoms with Gasteiger partial charge in [0.15, 0.2) is 5.78 Å². The van der Waals surface area contributed by atoms with Crippen LogP contribution in [0.15, 0.2) is 89.5 Å². The normalized spacial score (nSPS) is 14.4. The number of phenols is 1. The molecule has 0 amide bonds. The fourth-order valence-corrected chi connectivity index (χ4v) is 5.89. The highest BCUT2D eigenvalue weighted by molar-refractivity contribution is 6.12. The first-order chi connectivity index (χ1) is 21.6. The molecule has 0 bridgehead atoms. The summed E-state index contributed by atoms with van der Waals surface area (Å²) in [5, 5.41) is 11.6. The second kappa shape index (κ2) is 12.7. The second-order valence-electron chi connectivity index (χ2n) is 16.8. The summed E-state index contributed by atoms with van der Waals surface area (Å²) in [7, 11) is 0. The number of ketones is 1. The first kappa shape index (κ1) is 35.6. The molecule has 0 atom stereocenters. The monoisotopic (exact) mass is 628 g/mol. The van der Waals surface area contributed by atoms with Gasteiger partial charge in [-0.3, -0.25) is 4.79 Å². The van der Waals surface area contributed by atoms with Gasteiger partial charge in [-0.15, -0.1) is 6.42 Å². The average Bonchev–Trinajstić information content (AvgIpc) is 2.96. The fourth-order valence-electron chi connectivity index (χ4n) is 5.89. The lowest BCUT2D eigenvalue weighted by Crippen LogP contribution is -2.28. The van der Waals surface area contributed by atoms with Gasteiger partial charge in [-0.1, -0.05) is 113 Å². The van der Waals surface area contributed by atoms with Crippen LogP contribution in [0, 0.1) is 23.2 Å². The van der Waals surface area contributed by atoms with Crippen molar-refractivity contribution in [3.05, 3.63) is 123 Å². The first-order valence-corrected chi connectivity index (χ1v) is 16.5. The van der Waals surface area contributed by atoms with Crippen molar-refractivity contribution in [2.45, 2.75) is 101 Å². The van der Waals surface area contributed by atoms with Gasteiger partial charge in [0.05, 0.1) is 0 Å². The molecule has 0 aromatic heterocycles. The quantitative estimate of drug-likeness (QED) is 0.286. The molecule has 0 aliphatic heterocycles. The summed E-state index contributed by atoms with van der Waals surface area (Å²) in [5.74, 6) is 3.84. The van der Waals surface area contributed by atoms with Crippen molar-refractivity contribution in [2.75, 3.05) is 0 Å². The molecule has 3 aromatic rings. The van der Waals surface area contributed by atoms with Crippen molar-refractivity contribution in [3.8, 4) is 23.8 Å². The van der Waals surface area contributed by atoms with Gasteiger partial charge in [-0.2, -0.15) is 0 Å². The number of hydrogen-bond acceptors (Lipinski definition) is 3. The van der Waals surface area contributed by atoms with Gasteiger partial charge < -0.3 is 9.84 Å². The van der Waals surface area contributed by atoms with Crippen molar-refractivity contribution in [3.63, 3.8) is 0 Å². The number of phenolic OH excluding ortho intramolecular Hbond substituents is 1. The van der Waals surface area contributed by atoms with E-state index in [1.54, 1.807) is 0 Å². The lowest BCUT2D eigenvalue weighted by Gasteiger charge is -2.32. The van der Waals surface area contributed by atoms with Gasteiger partial charge >= 0.3 is 0 Å². The van der Waals surface area contributed by atoms with Crippen LogP contribution in [0.5, 0.6) is 11.5 Å². The topological polar surface area (TPSA) is 46.5 Å². The zero-order valence-electron chi connectivity index (χ0n) is 30.5. The molecule has 1 N–H and O–H groups in total. The van der Waals surface area contributed by atoms with E-state index in [0.717, 1.165) is 61.4 Å². The van der Waals surface area contributed by atoms with Gasteiger partial charge in [0.25, 0.3) is 0 Å². The minimum atomic E-state index is -0.347. The number of hydrogen-bond donors (Lipinski definition) is 1. The van der Waals surface area contributed by atoms with E-state index in [4.69, 9.17) is 11.2 Å². The SMILES string of the molecule is C#Cc1ccc(OCc2ccc(C(=C3C=C(C(C)(C)C)C(=O)C(C(C)(C)C)=C3)c3cc(C(C)(C)C)c(O)c(C(C)(C)C)c3)cc2)cc1. The van der Waals surface area contributed by atoms with Gasteiger partial charge in [0.1, 0.15) is 18.1 Å². The van der Waals surface area contributed by atoms with E-state index in [1.165, 1.54) is 0 Å². The average molecular weight is 629 g/mol.